The van der Waals surface area contributed by atoms with Crippen LogP contribution in [0.4, 0.5) is 0 Å². The van der Waals surface area contributed by atoms with E-state index >= 15 is 0 Å². The van der Waals surface area contributed by atoms with Gasteiger partial charge in [0.25, 0.3) is 0 Å². The Hall–Kier alpha value is -0.830. The molecule has 0 amide bonds. The predicted molar refractivity (Wildman–Crippen MR) is 58.4 cm³/mol. The van der Waals surface area contributed by atoms with Gasteiger partial charge < -0.3 is 9.84 Å². The highest BCUT2D eigenvalue weighted by Crippen LogP contribution is 2.40. The number of aliphatic hydroxyl groups is 1. The highest BCUT2D eigenvalue weighted by Gasteiger charge is 2.36. The van der Waals surface area contributed by atoms with E-state index in [1.807, 2.05) is 20.8 Å². The normalized spacial score (nSPS) is 25.3. The molecule has 15 heavy (non-hydrogen) atoms. The Morgan fingerprint density at radius 2 is 2.20 bits per heavy atom. The summed E-state index contributed by atoms with van der Waals surface area (Å²) < 4.78 is 5.03. The third kappa shape index (κ3) is 2.59. The molecule has 0 aromatic rings. The number of ether oxygens (including phenoxy) is 1. The summed E-state index contributed by atoms with van der Waals surface area (Å²) in [4.78, 5) is 10.8. The van der Waals surface area contributed by atoms with Crippen LogP contribution >= 0.6 is 0 Å². The molecule has 1 aliphatic rings. The van der Waals surface area contributed by atoms with Gasteiger partial charge in [-0.15, -0.1) is 0 Å². The standard InChI is InChI=1S/C12H20O3/c1-8-5-6-11(14)12(3,4)10(8)7-15-9(2)13/h11,14H,5-7H2,1-4H3. The van der Waals surface area contributed by atoms with Crippen molar-refractivity contribution >= 4 is 5.97 Å². The molecule has 0 bridgehead atoms. The quantitative estimate of drug-likeness (QED) is 0.563. The minimum atomic E-state index is -0.341. The summed E-state index contributed by atoms with van der Waals surface area (Å²) in [6.45, 7) is 7.76. The van der Waals surface area contributed by atoms with E-state index in [0.29, 0.717) is 6.61 Å². The maximum atomic E-state index is 10.8. The first-order valence-corrected chi connectivity index (χ1v) is 5.36. The van der Waals surface area contributed by atoms with Crippen molar-refractivity contribution in [1.29, 1.82) is 0 Å². The number of aliphatic hydroxyl groups excluding tert-OH is 1. The van der Waals surface area contributed by atoms with Crippen molar-refractivity contribution in [1.82, 2.24) is 0 Å². The predicted octanol–water partition coefficient (Wildman–Crippen LogP) is 2.05. The zero-order valence-electron chi connectivity index (χ0n) is 9.96. The van der Waals surface area contributed by atoms with E-state index in [1.54, 1.807) is 0 Å². The molecule has 0 aromatic carbocycles. The molecule has 0 aromatic heterocycles. The van der Waals surface area contributed by atoms with Crippen LogP contribution < -0.4 is 0 Å². The van der Waals surface area contributed by atoms with Gasteiger partial charge in [-0.1, -0.05) is 19.4 Å². The zero-order valence-corrected chi connectivity index (χ0v) is 9.96. The molecule has 0 radical (unpaired) electrons. The van der Waals surface area contributed by atoms with Gasteiger partial charge >= 0.3 is 5.97 Å². The number of hydrogen-bond donors (Lipinski definition) is 1. The van der Waals surface area contributed by atoms with Crippen molar-refractivity contribution in [2.75, 3.05) is 6.61 Å². The molecule has 1 unspecified atom stereocenters. The van der Waals surface area contributed by atoms with E-state index < -0.39 is 0 Å². The molecular weight excluding hydrogens is 192 g/mol. The molecule has 1 rings (SSSR count). The second-order valence-corrected chi connectivity index (χ2v) is 4.82. The first kappa shape index (κ1) is 12.2. The molecule has 86 valence electrons. The SMILES string of the molecule is CC(=O)OCC1=C(C)CCC(O)C1(C)C. The van der Waals surface area contributed by atoms with E-state index in [4.69, 9.17) is 4.74 Å². The van der Waals surface area contributed by atoms with Crippen LogP contribution in [0.1, 0.15) is 40.5 Å². The lowest BCUT2D eigenvalue weighted by molar-refractivity contribution is -0.140. The van der Waals surface area contributed by atoms with Crippen LogP contribution in [0.25, 0.3) is 0 Å². The Bertz CT molecular complexity index is 289. The van der Waals surface area contributed by atoms with Gasteiger partial charge in [-0.05, 0) is 25.3 Å². The van der Waals surface area contributed by atoms with Crippen LogP contribution in [0.15, 0.2) is 11.1 Å². The molecule has 0 saturated heterocycles. The van der Waals surface area contributed by atoms with E-state index in [0.717, 1.165) is 18.4 Å². The minimum Gasteiger partial charge on any atom is -0.461 e. The van der Waals surface area contributed by atoms with Crippen molar-refractivity contribution < 1.29 is 14.6 Å². The molecule has 1 aliphatic carbocycles. The van der Waals surface area contributed by atoms with Crippen molar-refractivity contribution in [2.45, 2.75) is 46.6 Å². The minimum absolute atomic E-state index is 0.272. The third-order valence-corrected chi connectivity index (χ3v) is 3.34. The highest BCUT2D eigenvalue weighted by atomic mass is 16.5. The van der Waals surface area contributed by atoms with Crippen molar-refractivity contribution in [3.05, 3.63) is 11.1 Å². The zero-order chi connectivity index (χ0) is 11.6. The van der Waals surface area contributed by atoms with Gasteiger partial charge in [0.15, 0.2) is 0 Å². The summed E-state index contributed by atoms with van der Waals surface area (Å²) in [5.74, 6) is -0.272. The van der Waals surface area contributed by atoms with Gasteiger partial charge in [0.05, 0.1) is 6.10 Å². The molecule has 0 aliphatic heterocycles. The second kappa shape index (κ2) is 4.35. The van der Waals surface area contributed by atoms with Gasteiger partial charge in [-0.2, -0.15) is 0 Å². The molecule has 0 heterocycles. The monoisotopic (exact) mass is 212 g/mol. The van der Waals surface area contributed by atoms with E-state index in [-0.39, 0.29) is 17.5 Å². The molecule has 3 heteroatoms. The first-order chi connectivity index (χ1) is 6.85. The summed E-state index contributed by atoms with van der Waals surface area (Å²) in [6.07, 6.45) is 1.34. The van der Waals surface area contributed by atoms with Gasteiger partial charge in [0, 0.05) is 12.3 Å². The van der Waals surface area contributed by atoms with Gasteiger partial charge in [0.1, 0.15) is 6.61 Å². The first-order valence-electron chi connectivity index (χ1n) is 5.36. The summed E-state index contributed by atoms with van der Waals surface area (Å²) >= 11 is 0. The Labute approximate surface area is 91.1 Å². The molecular formula is C12H20O3. The fourth-order valence-electron chi connectivity index (χ4n) is 2.10. The van der Waals surface area contributed by atoms with Crippen LogP contribution in [0.2, 0.25) is 0 Å². The van der Waals surface area contributed by atoms with Crippen LogP contribution in [0, 0.1) is 5.41 Å². The Balaban J connectivity index is 2.85. The Kier molecular flexibility index (Phi) is 3.55. The van der Waals surface area contributed by atoms with Crippen LogP contribution in [-0.4, -0.2) is 23.8 Å². The summed E-state index contributed by atoms with van der Waals surface area (Å²) in [5, 5.41) is 9.92. The summed E-state index contributed by atoms with van der Waals surface area (Å²) in [5.41, 5.74) is 2.03. The lowest BCUT2D eigenvalue weighted by Crippen LogP contribution is -2.37. The molecule has 0 fully saturated rings. The lowest BCUT2D eigenvalue weighted by atomic mass is 9.71. The van der Waals surface area contributed by atoms with E-state index in [1.165, 1.54) is 12.5 Å². The fourth-order valence-corrected chi connectivity index (χ4v) is 2.10. The van der Waals surface area contributed by atoms with Crippen molar-refractivity contribution in [2.24, 2.45) is 5.41 Å². The van der Waals surface area contributed by atoms with Crippen LogP contribution in [-0.2, 0) is 9.53 Å². The highest BCUT2D eigenvalue weighted by molar-refractivity contribution is 5.66. The Morgan fingerprint density at radius 1 is 1.60 bits per heavy atom. The maximum Gasteiger partial charge on any atom is 0.302 e. The van der Waals surface area contributed by atoms with Gasteiger partial charge in [0.2, 0.25) is 0 Å². The van der Waals surface area contributed by atoms with Crippen LogP contribution in [0.5, 0.6) is 0 Å². The largest absolute Gasteiger partial charge is 0.461 e. The average Bonchev–Trinajstić information content (AvgIpc) is 2.11. The number of hydrogen-bond acceptors (Lipinski definition) is 3. The number of esters is 1. The molecule has 1 atom stereocenters. The summed E-state index contributed by atoms with van der Waals surface area (Å²) in [7, 11) is 0. The topological polar surface area (TPSA) is 46.5 Å². The second-order valence-electron chi connectivity index (χ2n) is 4.82. The number of carbonyl (C=O) groups excluding carboxylic acids is 1. The number of carbonyl (C=O) groups is 1. The van der Waals surface area contributed by atoms with Gasteiger partial charge in [-0.3, -0.25) is 4.79 Å². The van der Waals surface area contributed by atoms with Crippen LogP contribution in [0.3, 0.4) is 0 Å². The number of rotatable bonds is 2. The van der Waals surface area contributed by atoms with Crippen molar-refractivity contribution in [3.8, 4) is 0 Å². The Morgan fingerprint density at radius 3 is 2.73 bits per heavy atom. The average molecular weight is 212 g/mol. The third-order valence-electron chi connectivity index (χ3n) is 3.34. The van der Waals surface area contributed by atoms with E-state index in [2.05, 4.69) is 0 Å². The van der Waals surface area contributed by atoms with Crippen molar-refractivity contribution in [3.63, 3.8) is 0 Å². The van der Waals surface area contributed by atoms with Gasteiger partial charge in [-0.25, -0.2) is 0 Å². The molecule has 1 N–H and O–H groups in total. The fraction of sp³-hybridized carbons (Fsp3) is 0.750. The molecule has 3 nitrogen and oxygen atoms in total. The number of allylic oxidation sites excluding steroid dienone is 1. The maximum absolute atomic E-state index is 10.8. The van der Waals surface area contributed by atoms with E-state index in [9.17, 15) is 9.90 Å². The smallest absolute Gasteiger partial charge is 0.302 e. The lowest BCUT2D eigenvalue weighted by Gasteiger charge is -2.38. The summed E-state index contributed by atoms with van der Waals surface area (Å²) in [6, 6.07) is 0. The molecule has 0 spiro atoms. The molecule has 0 saturated carbocycles.